The molecule has 0 aromatic carbocycles. The summed E-state index contributed by atoms with van der Waals surface area (Å²) in [5.74, 6) is -0.164. The van der Waals surface area contributed by atoms with Gasteiger partial charge >= 0.3 is 29.6 Å². The molecule has 0 aromatic rings. The molecule has 1 aliphatic heterocycles. The molecule has 1 aliphatic rings. The summed E-state index contributed by atoms with van der Waals surface area (Å²) in [6.45, 7) is 1.07. The molecule has 1 unspecified atom stereocenters. The van der Waals surface area contributed by atoms with E-state index in [9.17, 15) is 8.42 Å². The predicted octanol–water partition coefficient (Wildman–Crippen LogP) is -2.97. The molecule has 1 atom stereocenters. The minimum atomic E-state index is -3.79. The number of hydrogen-bond acceptors (Lipinski definition) is 3. The third-order valence-corrected chi connectivity index (χ3v) is 2.36. The van der Waals surface area contributed by atoms with Gasteiger partial charge in [0.1, 0.15) is 0 Å². The Kier molecular flexibility index (Phi) is 5.17. The van der Waals surface area contributed by atoms with Crippen LogP contribution in [0.4, 0.5) is 0 Å². The van der Waals surface area contributed by atoms with Gasteiger partial charge in [0.15, 0.2) is 0 Å². The summed E-state index contributed by atoms with van der Waals surface area (Å²) in [6.07, 6.45) is 0.736. The third-order valence-electron chi connectivity index (χ3n) is 1.47. The monoisotopic (exact) mass is 190 g/mol. The first-order valence-corrected chi connectivity index (χ1v) is 4.72. The first-order chi connectivity index (χ1) is 4.58. The molecule has 0 spiro atoms. The van der Waals surface area contributed by atoms with Crippen LogP contribution in [0, 0.1) is 5.92 Å². The maximum absolute atomic E-state index is 10.3. The molecule has 1 heterocycles. The molecule has 0 aliphatic carbocycles. The van der Waals surface area contributed by atoms with Crippen molar-refractivity contribution in [3.63, 3.8) is 0 Å². The summed E-state index contributed by atoms with van der Waals surface area (Å²) in [4.78, 5) is 0. The van der Waals surface area contributed by atoms with Crippen LogP contribution < -0.4 is 29.6 Å². The maximum Gasteiger partial charge on any atom is 1.00 e. The molecule has 0 amide bonds. The van der Waals surface area contributed by atoms with Gasteiger partial charge in [0, 0.05) is 12.5 Å². The van der Waals surface area contributed by atoms with Crippen molar-refractivity contribution in [2.45, 2.75) is 6.42 Å². The molecule has 1 rings (SSSR count). The van der Waals surface area contributed by atoms with Gasteiger partial charge in [0.25, 0.3) is 10.1 Å². The van der Waals surface area contributed by atoms with Crippen molar-refractivity contribution in [3.8, 4) is 0 Å². The van der Waals surface area contributed by atoms with Gasteiger partial charge in [0.2, 0.25) is 0 Å². The van der Waals surface area contributed by atoms with Crippen LogP contribution in [0.1, 0.15) is 7.85 Å². The molecular weight excluding hydrogens is 179 g/mol. The maximum atomic E-state index is 10.3. The van der Waals surface area contributed by atoms with E-state index in [0.717, 1.165) is 6.42 Å². The SMILES string of the molecule is O=S(=O)(O)CC1CCOC1.[H-].[Na+]. The summed E-state index contributed by atoms with van der Waals surface area (Å²) >= 11 is 0. The van der Waals surface area contributed by atoms with Gasteiger partial charge in [-0.05, 0) is 6.42 Å². The average molecular weight is 190 g/mol. The average Bonchev–Trinajstić information content (AvgIpc) is 2.12. The van der Waals surface area contributed by atoms with Crippen molar-refractivity contribution in [3.05, 3.63) is 0 Å². The zero-order chi connectivity index (χ0) is 7.61. The van der Waals surface area contributed by atoms with Crippen LogP contribution in [-0.4, -0.2) is 31.9 Å². The molecular formula is C5H11NaO4S. The Balaban J connectivity index is 0. The molecule has 11 heavy (non-hydrogen) atoms. The summed E-state index contributed by atoms with van der Waals surface area (Å²) in [7, 11) is -3.79. The summed E-state index contributed by atoms with van der Waals surface area (Å²) in [5, 5.41) is 0. The van der Waals surface area contributed by atoms with Gasteiger partial charge in [-0.1, -0.05) is 0 Å². The predicted molar refractivity (Wildman–Crippen MR) is 36.5 cm³/mol. The van der Waals surface area contributed by atoms with Crippen molar-refractivity contribution < 1.29 is 48.7 Å². The van der Waals surface area contributed by atoms with E-state index in [4.69, 9.17) is 9.29 Å². The van der Waals surface area contributed by atoms with Crippen LogP contribution in [0.3, 0.4) is 0 Å². The molecule has 0 aromatic heterocycles. The van der Waals surface area contributed by atoms with Gasteiger partial charge in [-0.15, -0.1) is 0 Å². The molecule has 6 heteroatoms. The molecule has 62 valence electrons. The van der Waals surface area contributed by atoms with E-state index < -0.39 is 10.1 Å². The van der Waals surface area contributed by atoms with Crippen LogP contribution in [0.15, 0.2) is 0 Å². The normalized spacial score (nSPS) is 24.6. The minimum Gasteiger partial charge on any atom is -1.00 e. The summed E-state index contributed by atoms with van der Waals surface area (Å²) in [5.41, 5.74) is 0. The first kappa shape index (κ1) is 11.9. The van der Waals surface area contributed by atoms with E-state index in [0.29, 0.717) is 13.2 Å². The fourth-order valence-corrected chi connectivity index (χ4v) is 1.87. The molecule has 0 bridgehead atoms. The third kappa shape index (κ3) is 5.16. The van der Waals surface area contributed by atoms with Crippen molar-refractivity contribution in [1.29, 1.82) is 0 Å². The fraction of sp³-hybridized carbons (Fsp3) is 1.00. The smallest absolute Gasteiger partial charge is 1.00 e. The van der Waals surface area contributed by atoms with E-state index in [2.05, 4.69) is 0 Å². The second kappa shape index (κ2) is 4.79. The zero-order valence-electron chi connectivity index (χ0n) is 7.49. The van der Waals surface area contributed by atoms with E-state index in [-0.39, 0.29) is 42.7 Å². The first-order valence-electron chi connectivity index (χ1n) is 3.11. The molecule has 0 saturated carbocycles. The fourth-order valence-electron chi connectivity index (χ4n) is 1.01. The Morgan fingerprint density at radius 1 is 1.64 bits per heavy atom. The quantitative estimate of drug-likeness (QED) is 0.373. The zero-order valence-corrected chi connectivity index (χ0v) is 9.30. The van der Waals surface area contributed by atoms with Crippen LogP contribution in [-0.2, 0) is 14.9 Å². The number of hydrogen-bond donors (Lipinski definition) is 1. The van der Waals surface area contributed by atoms with Crippen LogP contribution in [0.2, 0.25) is 0 Å². The van der Waals surface area contributed by atoms with Gasteiger partial charge in [0.05, 0.1) is 12.4 Å². The largest absolute Gasteiger partial charge is 1.00 e. The topological polar surface area (TPSA) is 63.6 Å². The molecule has 0 radical (unpaired) electrons. The molecule has 1 N–H and O–H groups in total. The van der Waals surface area contributed by atoms with Crippen molar-refractivity contribution in [2.75, 3.05) is 19.0 Å². The van der Waals surface area contributed by atoms with Gasteiger partial charge in [-0.2, -0.15) is 8.42 Å². The Labute approximate surface area is 89.8 Å². The summed E-state index contributed by atoms with van der Waals surface area (Å²) in [6, 6.07) is 0. The second-order valence-corrected chi connectivity index (χ2v) is 3.98. The second-order valence-electron chi connectivity index (χ2n) is 2.48. The van der Waals surface area contributed by atoms with Crippen LogP contribution in [0.5, 0.6) is 0 Å². The van der Waals surface area contributed by atoms with E-state index in [1.807, 2.05) is 0 Å². The molecule has 1 saturated heterocycles. The standard InChI is InChI=1S/C5H10O4S.Na.H/c6-10(7,8)4-5-1-2-9-3-5;;/h5H,1-4H2,(H,6,7,8);;/q;+1;-1. The molecule has 4 nitrogen and oxygen atoms in total. The Morgan fingerprint density at radius 3 is 2.64 bits per heavy atom. The summed E-state index contributed by atoms with van der Waals surface area (Å²) < 4.78 is 33.9. The van der Waals surface area contributed by atoms with E-state index in [1.54, 1.807) is 0 Å². The van der Waals surface area contributed by atoms with Gasteiger partial charge < -0.3 is 6.16 Å². The van der Waals surface area contributed by atoms with Crippen molar-refractivity contribution >= 4 is 10.1 Å². The van der Waals surface area contributed by atoms with Crippen molar-refractivity contribution in [1.82, 2.24) is 0 Å². The van der Waals surface area contributed by atoms with E-state index in [1.165, 1.54) is 0 Å². The minimum absolute atomic E-state index is 0. The molecule has 1 fully saturated rings. The van der Waals surface area contributed by atoms with Gasteiger partial charge in [-0.25, -0.2) is 0 Å². The van der Waals surface area contributed by atoms with E-state index >= 15 is 0 Å². The number of rotatable bonds is 2. The van der Waals surface area contributed by atoms with Crippen LogP contribution >= 0.6 is 0 Å². The van der Waals surface area contributed by atoms with Gasteiger partial charge in [-0.3, -0.25) is 4.55 Å². The van der Waals surface area contributed by atoms with Crippen LogP contribution in [0.25, 0.3) is 0 Å². The number of ether oxygens (including phenoxy) is 1. The Morgan fingerprint density at radius 2 is 2.27 bits per heavy atom. The Hall–Kier alpha value is 0.870. The van der Waals surface area contributed by atoms with Crippen molar-refractivity contribution in [2.24, 2.45) is 5.92 Å². The Bertz CT molecular complexity index is 199.